The highest BCUT2D eigenvalue weighted by Gasteiger charge is 2.21. The Morgan fingerprint density at radius 1 is 0.327 bits per heavy atom. The van der Waals surface area contributed by atoms with Crippen molar-refractivity contribution in [2.75, 3.05) is 0 Å². The molecule has 4 nitrogen and oxygen atoms in total. The van der Waals surface area contributed by atoms with Crippen LogP contribution in [0.4, 0.5) is 0 Å². The molecule has 0 saturated carbocycles. The lowest BCUT2D eigenvalue weighted by molar-refractivity contribution is 0.668. The molecule has 0 aliphatic carbocycles. The molecule has 0 bridgehead atoms. The Morgan fingerprint density at radius 3 is 1.48 bits per heavy atom. The lowest BCUT2D eigenvalue weighted by Gasteiger charge is -2.15. The maximum Gasteiger partial charge on any atom is 0.145 e. The van der Waals surface area contributed by atoms with Crippen LogP contribution in [0.15, 0.2) is 177 Å². The number of aromatic nitrogens is 1. The Morgan fingerprint density at radius 2 is 0.846 bits per heavy atom. The molecular weight excluding hydrogens is 639 g/mol. The molecule has 12 rings (SSSR count). The normalized spacial score (nSPS) is 12.2. The molecule has 8 aromatic carbocycles. The van der Waals surface area contributed by atoms with E-state index in [9.17, 15) is 0 Å². The summed E-state index contributed by atoms with van der Waals surface area (Å²) >= 11 is 0. The van der Waals surface area contributed by atoms with Gasteiger partial charge in [0.1, 0.15) is 33.5 Å². The molecule has 4 heteroatoms. The van der Waals surface area contributed by atoms with Gasteiger partial charge in [0.2, 0.25) is 0 Å². The Balaban J connectivity index is 1.22. The van der Waals surface area contributed by atoms with Gasteiger partial charge in [-0.1, -0.05) is 97.1 Å². The van der Waals surface area contributed by atoms with Crippen molar-refractivity contribution in [3.8, 4) is 27.9 Å². The van der Waals surface area contributed by atoms with Gasteiger partial charge in [0.25, 0.3) is 0 Å². The van der Waals surface area contributed by atoms with Crippen LogP contribution in [0.5, 0.6) is 0 Å². The van der Waals surface area contributed by atoms with E-state index < -0.39 is 0 Å². The fourth-order valence-corrected chi connectivity index (χ4v) is 8.59. The average molecular weight is 666 g/mol. The van der Waals surface area contributed by atoms with E-state index in [-0.39, 0.29) is 0 Å². The summed E-state index contributed by atoms with van der Waals surface area (Å²) in [6.45, 7) is 0. The van der Waals surface area contributed by atoms with E-state index in [0.717, 1.165) is 116 Å². The van der Waals surface area contributed by atoms with Gasteiger partial charge in [-0.05, 0) is 89.0 Å². The molecule has 0 amide bonds. The maximum atomic E-state index is 6.64. The maximum absolute atomic E-state index is 6.64. The predicted octanol–water partition coefficient (Wildman–Crippen LogP) is 13.8. The summed E-state index contributed by atoms with van der Waals surface area (Å²) in [6.07, 6.45) is 0. The minimum absolute atomic E-state index is 0.873. The summed E-state index contributed by atoms with van der Waals surface area (Å²) in [7, 11) is 0. The Labute approximate surface area is 296 Å². The molecule has 0 fully saturated rings. The molecule has 0 N–H and O–H groups in total. The van der Waals surface area contributed by atoms with Crippen LogP contribution in [-0.2, 0) is 0 Å². The first-order valence-corrected chi connectivity index (χ1v) is 17.6. The summed E-state index contributed by atoms with van der Waals surface area (Å²) in [6, 6.07) is 57.7. The minimum atomic E-state index is 0.873. The number of hydrogen-bond acceptors (Lipinski definition) is 3. The van der Waals surface area contributed by atoms with E-state index in [0.29, 0.717) is 0 Å². The predicted molar refractivity (Wildman–Crippen MR) is 213 cm³/mol. The molecule has 0 aliphatic rings. The van der Waals surface area contributed by atoms with Gasteiger partial charge in [-0.15, -0.1) is 0 Å². The zero-order valence-electron chi connectivity index (χ0n) is 27.8. The minimum Gasteiger partial charge on any atom is -0.456 e. The summed E-state index contributed by atoms with van der Waals surface area (Å²) in [5.41, 5.74) is 13.0. The molecule has 0 atom stereocenters. The molecular formula is C48H27NO3. The van der Waals surface area contributed by atoms with E-state index in [4.69, 9.17) is 13.3 Å². The largest absolute Gasteiger partial charge is 0.456 e. The van der Waals surface area contributed by atoms with Crippen LogP contribution in [0, 0.1) is 0 Å². The smallest absolute Gasteiger partial charge is 0.145 e. The van der Waals surface area contributed by atoms with Crippen LogP contribution < -0.4 is 0 Å². The van der Waals surface area contributed by atoms with Gasteiger partial charge in [-0.2, -0.15) is 0 Å². The second-order valence-electron chi connectivity index (χ2n) is 13.6. The molecule has 0 saturated heterocycles. The first-order chi connectivity index (χ1) is 25.8. The van der Waals surface area contributed by atoms with Crippen molar-refractivity contribution >= 4 is 87.6 Å². The number of hydrogen-bond donors (Lipinski definition) is 0. The highest BCUT2D eigenvalue weighted by Crippen LogP contribution is 2.45. The summed E-state index contributed by atoms with van der Waals surface area (Å²) < 4.78 is 21.8. The van der Waals surface area contributed by atoms with Crippen LogP contribution in [0.1, 0.15) is 0 Å². The quantitative estimate of drug-likeness (QED) is 0.189. The summed E-state index contributed by atoms with van der Waals surface area (Å²) in [4.78, 5) is 0. The monoisotopic (exact) mass is 665 g/mol. The van der Waals surface area contributed by atoms with Crippen LogP contribution in [0.2, 0.25) is 0 Å². The molecule has 0 radical (unpaired) electrons. The van der Waals surface area contributed by atoms with E-state index in [1.54, 1.807) is 0 Å². The third-order valence-electron chi connectivity index (χ3n) is 10.8. The Bertz CT molecular complexity index is 3290. The topological polar surface area (TPSA) is 44.4 Å². The van der Waals surface area contributed by atoms with Crippen molar-refractivity contribution in [2.24, 2.45) is 0 Å². The van der Waals surface area contributed by atoms with Crippen molar-refractivity contribution in [2.45, 2.75) is 0 Å². The molecule has 0 spiro atoms. The van der Waals surface area contributed by atoms with Gasteiger partial charge in [-0.3, -0.25) is 0 Å². The average Bonchev–Trinajstić information content (AvgIpc) is 3.96. The van der Waals surface area contributed by atoms with Gasteiger partial charge >= 0.3 is 0 Å². The summed E-state index contributed by atoms with van der Waals surface area (Å²) in [5.74, 6) is 0. The van der Waals surface area contributed by atoms with Crippen LogP contribution >= 0.6 is 0 Å². The van der Waals surface area contributed by atoms with Crippen molar-refractivity contribution in [1.82, 2.24) is 4.57 Å². The third-order valence-corrected chi connectivity index (χ3v) is 10.8. The molecule has 12 aromatic rings. The SMILES string of the molecule is c1ccc2c(c1)oc1c2ccc2c1c1ccccc1n2-c1cc(-c2cccc3oc4ccccc4c23)cc(-c2cccc3oc4ccccc4c23)c1. The number of nitrogens with zero attached hydrogens (tertiary/aromatic N) is 1. The first-order valence-electron chi connectivity index (χ1n) is 17.6. The number of para-hydroxylation sites is 4. The van der Waals surface area contributed by atoms with Gasteiger partial charge in [0.05, 0.1) is 16.4 Å². The third kappa shape index (κ3) is 3.75. The fraction of sp³-hybridized carbons (Fsp3) is 0. The van der Waals surface area contributed by atoms with Crippen molar-refractivity contribution in [3.05, 3.63) is 164 Å². The standard InChI is InChI=1S/C48H27NO3/c1-5-17-38-35(12-1)47-39(24-23-34-33-11-2-6-18-40(33)52-48(34)47)49(38)30-26-28(31-15-9-21-43-45(31)36-13-3-7-19-41(36)50-43)25-29(27-30)32-16-10-22-44-46(32)37-14-4-8-20-42(37)51-44/h1-27H. The number of benzene rings is 8. The van der Waals surface area contributed by atoms with E-state index in [1.807, 2.05) is 30.3 Å². The highest BCUT2D eigenvalue weighted by atomic mass is 16.3. The van der Waals surface area contributed by atoms with Crippen LogP contribution in [0.3, 0.4) is 0 Å². The van der Waals surface area contributed by atoms with Crippen molar-refractivity contribution in [1.29, 1.82) is 0 Å². The van der Waals surface area contributed by atoms with Gasteiger partial charge in [0, 0.05) is 43.4 Å². The summed E-state index contributed by atoms with van der Waals surface area (Å²) in [5, 5.41) is 8.94. The van der Waals surface area contributed by atoms with E-state index in [2.05, 4.69) is 138 Å². The van der Waals surface area contributed by atoms with Crippen LogP contribution in [0.25, 0.3) is 116 Å². The number of furan rings is 3. The van der Waals surface area contributed by atoms with E-state index >= 15 is 0 Å². The van der Waals surface area contributed by atoms with Gasteiger partial charge < -0.3 is 17.8 Å². The number of fused-ring (bicyclic) bond motifs is 13. The molecule has 0 aliphatic heterocycles. The zero-order valence-corrected chi connectivity index (χ0v) is 27.8. The zero-order chi connectivity index (χ0) is 33.9. The van der Waals surface area contributed by atoms with Crippen molar-refractivity contribution in [3.63, 3.8) is 0 Å². The second kappa shape index (κ2) is 10.3. The fourth-order valence-electron chi connectivity index (χ4n) is 8.59. The Hall–Kier alpha value is -7.04. The van der Waals surface area contributed by atoms with Gasteiger partial charge in [0.15, 0.2) is 0 Å². The van der Waals surface area contributed by atoms with Crippen LogP contribution in [-0.4, -0.2) is 4.57 Å². The highest BCUT2D eigenvalue weighted by molar-refractivity contribution is 6.24. The van der Waals surface area contributed by atoms with Gasteiger partial charge in [-0.25, -0.2) is 0 Å². The molecule has 242 valence electrons. The van der Waals surface area contributed by atoms with E-state index in [1.165, 1.54) is 0 Å². The number of rotatable bonds is 3. The molecule has 52 heavy (non-hydrogen) atoms. The molecule has 4 aromatic heterocycles. The first kappa shape index (κ1) is 27.7. The molecule has 0 unspecified atom stereocenters. The molecule has 4 heterocycles. The lowest BCUT2D eigenvalue weighted by Crippen LogP contribution is -1.96. The lowest BCUT2D eigenvalue weighted by atomic mass is 9.93. The second-order valence-corrected chi connectivity index (χ2v) is 13.6. The van der Waals surface area contributed by atoms with Crippen molar-refractivity contribution < 1.29 is 13.3 Å². The Kier molecular flexibility index (Phi) is 5.47.